The summed E-state index contributed by atoms with van der Waals surface area (Å²) in [6.07, 6.45) is 29.7. The molecule has 1 N–H and O–H groups in total. The van der Waals surface area contributed by atoms with Crippen molar-refractivity contribution >= 4 is 0 Å². The van der Waals surface area contributed by atoms with Crippen LogP contribution in [0.4, 0.5) is 0 Å². The SMILES string of the molecule is CCCCCCCCCCCCCCCCCCC[C@@H](CO)OCc1ccc[n+](C#N)c1. The van der Waals surface area contributed by atoms with E-state index in [9.17, 15) is 5.11 Å². The van der Waals surface area contributed by atoms with E-state index in [0.29, 0.717) is 6.61 Å². The van der Waals surface area contributed by atoms with E-state index < -0.39 is 0 Å². The van der Waals surface area contributed by atoms with E-state index in [0.717, 1.165) is 18.4 Å². The first-order valence-corrected chi connectivity index (χ1v) is 13.4. The fourth-order valence-corrected chi connectivity index (χ4v) is 4.21. The molecule has 0 saturated heterocycles. The molecule has 0 amide bonds. The third-order valence-corrected chi connectivity index (χ3v) is 6.30. The van der Waals surface area contributed by atoms with Crippen molar-refractivity contribution in [3.63, 3.8) is 0 Å². The first-order valence-electron chi connectivity index (χ1n) is 13.4. The van der Waals surface area contributed by atoms with Crippen LogP contribution in [0, 0.1) is 11.5 Å². The van der Waals surface area contributed by atoms with Crippen molar-refractivity contribution in [2.45, 2.75) is 135 Å². The number of pyridine rings is 1. The molecule has 0 aliphatic carbocycles. The Bertz CT molecular complexity index is 585. The molecule has 0 bridgehead atoms. The van der Waals surface area contributed by atoms with Crippen molar-refractivity contribution in [2.75, 3.05) is 6.61 Å². The highest BCUT2D eigenvalue weighted by atomic mass is 16.5. The van der Waals surface area contributed by atoms with Gasteiger partial charge in [0.2, 0.25) is 0 Å². The lowest BCUT2D eigenvalue weighted by atomic mass is 10.0. The minimum absolute atomic E-state index is 0.0595. The van der Waals surface area contributed by atoms with Gasteiger partial charge in [0.05, 0.1) is 19.3 Å². The molecule has 1 aromatic rings. The highest BCUT2D eigenvalue weighted by Crippen LogP contribution is 2.15. The molecule has 1 atom stereocenters. The maximum atomic E-state index is 9.56. The third kappa shape index (κ3) is 16.2. The minimum Gasteiger partial charge on any atom is -0.394 e. The molecule has 0 aliphatic rings. The highest BCUT2D eigenvalue weighted by Gasteiger charge is 2.09. The molecule has 1 heterocycles. The Hall–Kier alpha value is -1.44. The second kappa shape index (κ2) is 21.4. The lowest BCUT2D eigenvalue weighted by Gasteiger charge is -2.15. The number of nitrogens with zero attached hydrogens (tertiary/aromatic N) is 2. The summed E-state index contributed by atoms with van der Waals surface area (Å²) in [6.45, 7) is 2.78. The van der Waals surface area contributed by atoms with Crippen LogP contribution in [-0.2, 0) is 11.3 Å². The van der Waals surface area contributed by atoms with Crippen LogP contribution in [0.5, 0.6) is 0 Å². The van der Waals surface area contributed by atoms with Crippen molar-refractivity contribution in [1.82, 2.24) is 0 Å². The summed E-state index contributed by atoms with van der Waals surface area (Å²) in [5.41, 5.74) is 0.954. The number of rotatable bonds is 22. The van der Waals surface area contributed by atoms with Gasteiger partial charge in [-0.1, -0.05) is 116 Å². The van der Waals surface area contributed by atoms with Crippen molar-refractivity contribution in [3.05, 3.63) is 30.1 Å². The molecule has 0 saturated carbocycles. The van der Waals surface area contributed by atoms with Gasteiger partial charge >= 0.3 is 6.19 Å². The van der Waals surface area contributed by atoms with Crippen LogP contribution in [0.15, 0.2) is 24.5 Å². The zero-order valence-electron chi connectivity index (χ0n) is 20.8. The fourth-order valence-electron chi connectivity index (χ4n) is 4.21. The van der Waals surface area contributed by atoms with Crippen LogP contribution in [0.3, 0.4) is 0 Å². The molecule has 32 heavy (non-hydrogen) atoms. The molecule has 1 rings (SSSR count). The smallest absolute Gasteiger partial charge is 0.394 e. The molecule has 0 spiro atoms. The molecule has 0 radical (unpaired) electrons. The molecular weight excluding hydrogens is 396 g/mol. The van der Waals surface area contributed by atoms with Crippen LogP contribution < -0.4 is 4.57 Å². The Balaban J connectivity index is 1.86. The Kier molecular flexibility index (Phi) is 19.1. The second-order valence-electron chi connectivity index (χ2n) is 9.28. The van der Waals surface area contributed by atoms with Crippen molar-refractivity contribution in [2.24, 2.45) is 0 Å². The Morgan fingerprint density at radius 3 is 1.81 bits per heavy atom. The first kappa shape index (κ1) is 28.6. The predicted molar refractivity (Wildman–Crippen MR) is 132 cm³/mol. The maximum Gasteiger partial charge on any atom is 0.463 e. The number of ether oxygens (including phenoxy) is 1. The van der Waals surface area contributed by atoms with Gasteiger partial charge in [-0.15, -0.1) is 4.57 Å². The average molecular weight is 446 g/mol. The number of hydrogen-bond donors (Lipinski definition) is 1. The van der Waals surface area contributed by atoms with Gasteiger partial charge in [0, 0.05) is 5.56 Å². The Morgan fingerprint density at radius 1 is 0.844 bits per heavy atom. The van der Waals surface area contributed by atoms with E-state index in [2.05, 4.69) is 13.1 Å². The molecule has 4 nitrogen and oxygen atoms in total. The summed E-state index contributed by atoms with van der Waals surface area (Å²) in [5.74, 6) is 0. The zero-order valence-corrected chi connectivity index (χ0v) is 20.8. The number of nitriles is 1. The van der Waals surface area contributed by atoms with Gasteiger partial charge in [-0.05, 0) is 18.6 Å². The topological polar surface area (TPSA) is 57.1 Å². The van der Waals surface area contributed by atoms with Crippen molar-refractivity contribution in [1.29, 1.82) is 5.26 Å². The zero-order chi connectivity index (χ0) is 23.1. The Labute approximate surface area is 198 Å². The molecule has 0 aromatic carbocycles. The van der Waals surface area contributed by atoms with Gasteiger partial charge in [-0.2, -0.15) is 0 Å². The third-order valence-electron chi connectivity index (χ3n) is 6.30. The lowest BCUT2D eigenvalue weighted by molar-refractivity contribution is -0.587. The van der Waals surface area contributed by atoms with Gasteiger partial charge in [0.25, 0.3) is 0 Å². The number of aliphatic hydroxyl groups excluding tert-OH is 1. The molecule has 0 aliphatic heterocycles. The maximum absolute atomic E-state index is 9.56. The molecular formula is C28H49N2O2+. The monoisotopic (exact) mass is 445 g/mol. The van der Waals surface area contributed by atoms with E-state index in [1.165, 1.54) is 107 Å². The molecule has 0 fully saturated rings. The van der Waals surface area contributed by atoms with Crippen LogP contribution in [0.1, 0.15) is 128 Å². The molecule has 4 heteroatoms. The molecule has 0 unspecified atom stereocenters. The fraction of sp³-hybridized carbons (Fsp3) is 0.786. The van der Waals surface area contributed by atoms with Crippen LogP contribution >= 0.6 is 0 Å². The van der Waals surface area contributed by atoms with Gasteiger partial charge < -0.3 is 9.84 Å². The van der Waals surface area contributed by atoms with E-state index in [1.54, 1.807) is 12.4 Å². The quantitative estimate of drug-likeness (QED) is 0.151. The van der Waals surface area contributed by atoms with E-state index >= 15 is 0 Å². The summed E-state index contributed by atoms with van der Waals surface area (Å²) < 4.78 is 7.29. The van der Waals surface area contributed by atoms with Crippen LogP contribution in [-0.4, -0.2) is 17.8 Å². The lowest BCUT2D eigenvalue weighted by Crippen LogP contribution is -2.27. The van der Waals surface area contributed by atoms with Gasteiger partial charge in [0.15, 0.2) is 5.26 Å². The highest BCUT2D eigenvalue weighted by molar-refractivity contribution is 5.04. The molecule has 182 valence electrons. The summed E-state index contributed by atoms with van der Waals surface area (Å²) >= 11 is 0. The minimum atomic E-state index is -0.109. The Morgan fingerprint density at radius 2 is 1.34 bits per heavy atom. The summed E-state index contributed by atoms with van der Waals surface area (Å²) in [4.78, 5) is 0. The number of aliphatic hydroxyl groups is 1. The van der Waals surface area contributed by atoms with Gasteiger partial charge in [0.1, 0.15) is 12.4 Å². The standard InChI is InChI=1S/C28H49N2O2/c1-2-3-4-5-6-7-8-9-10-11-12-13-14-15-16-17-18-21-28(24-31)32-25-27-20-19-22-30(23-27)26-29/h19-20,22-23,28,31H,2-18,21,24-25H2,1H3/q+1/t28-/m0/s1. The second-order valence-corrected chi connectivity index (χ2v) is 9.28. The number of hydrogen-bond acceptors (Lipinski definition) is 3. The van der Waals surface area contributed by atoms with Crippen LogP contribution in [0.25, 0.3) is 0 Å². The number of unbranched alkanes of at least 4 members (excludes halogenated alkanes) is 16. The van der Waals surface area contributed by atoms with E-state index in [1.807, 2.05) is 12.1 Å². The predicted octanol–water partition coefficient (Wildman–Crippen LogP) is 7.22. The van der Waals surface area contributed by atoms with Gasteiger partial charge in [-0.3, -0.25) is 0 Å². The van der Waals surface area contributed by atoms with Gasteiger partial charge in [-0.25, -0.2) is 0 Å². The largest absolute Gasteiger partial charge is 0.463 e. The van der Waals surface area contributed by atoms with E-state index in [-0.39, 0.29) is 12.7 Å². The van der Waals surface area contributed by atoms with Crippen molar-refractivity contribution < 1.29 is 14.4 Å². The van der Waals surface area contributed by atoms with E-state index in [4.69, 9.17) is 10.00 Å². The summed E-state index contributed by atoms with van der Waals surface area (Å²) in [7, 11) is 0. The summed E-state index contributed by atoms with van der Waals surface area (Å²) in [6, 6.07) is 3.78. The average Bonchev–Trinajstić information content (AvgIpc) is 2.83. The summed E-state index contributed by atoms with van der Waals surface area (Å²) in [5, 5.41) is 18.5. The molecule has 1 aromatic heterocycles. The normalized spacial score (nSPS) is 12.0. The first-order chi connectivity index (χ1) is 15.8. The van der Waals surface area contributed by atoms with Crippen molar-refractivity contribution in [3.8, 4) is 6.19 Å². The van der Waals surface area contributed by atoms with Crippen LogP contribution in [0.2, 0.25) is 0 Å². The number of aromatic nitrogens is 1.